The van der Waals surface area contributed by atoms with Gasteiger partial charge in [-0.2, -0.15) is 0 Å². The highest BCUT2D eigenvalue weighted by Gasteiger charge is 2.13. The van der Waals surface area contributed by atoms with E-state index in [4.69, 9.17) is 11.2 Å². The van der Waals surface area contributed by atoms with Crippen LogP contribution in [-0.2, 0) is 0 Å². The third-order valence-corrected chi connectivity index (χ3v) is 2.67. The number of hydrogen-bond acceptors (Lipinski definition) is 1. The lowest BCUT2D eigenvalue weighted by Gasteiger charge is -2.16. The Morgan fingerprint density at radius 2 is 1.89 bits per heavy atom. The van der Waals surface area contributed by atoms with Crippen LogP contribution in [0.2, 0.25) is 0 Å². The molecule has 1 atom stereocenters. The van der Waals surface area contributed by atoms with Crippen molar-refractivity contribution in [3.8, 4) is 18.1 Å². The minimum Gasteiger partial charge on any atom is -0.473 e. The summed E-state index contributed by atoms with van der Waals surface area (Å²) in [5.74, 6) is 2.90. The summed E-state index contributed by atoms with van der Waals surface area (Å²) in [5.41, 5.74) is 1.59. The van der Waals surface area contributed by atoms with Crippen LogP contribution in [-0.4, -0.2) is 0 Å². The molecule has 2 aromatic rings. The fourth-order valence-corrected chi connectivity index (χ4v) is 1.72. The van der Waals surface area contributed by atoms with E-state index in [2.05, 4.69) is 5.92 Å². The zero-order valence-corrected chi connectivity index (χ0v) is 10.1. The van der Waals surface area contributed by atoms with Crippen LogP contribution >= 0.6 is 0 Å². The smallest absolute Gasteiger partial charge is 0.184 e. The summed E-state index contributed by atoms with van der Waals surface area (Å²) in [4.78, 5) is 0. The second kappa shape index (κ2) is 5.37. The molecular formula is C16H13FO. The molecule has 2 heteroatoms. The van der Waals surface area contributed by atoms with Crippen molar-refractivity contribution in [1.29, 1.82) is 0 Å². The third kappa shape index (κ3) is 2.70. The van der Waals surface area contributed by atoms with Crippen LogP contribution in [0.15, 0.2) is 48.5 Å². The number of benzene rings is 2. The lowest BCUT2D eigenvalue weighted by molar-refractivity contribution is 0.263. The molecule has 0 heterocycles. The summed E-state index contributed by atoms with van der Waals surface area (Å²) >= 11 is 0. The van der Waals surface area contributed by atoms with Crippen molar-refractivity contribution >= 4 is 0 Å². The molecule has 0 saturated heterocycles. The summed E-state index contributed by atoms with van der Waals surface area (Å²) in [6.07, 6.45) is 4.89. The van der Waals surface area contributed by atoms with Gasteiger partial charge in [0.25, 0.3) is 0 Å². The van der Waals surface area contributed by atoms with Gasteiger partial charge < -0.3 is 4.74 Å². The molecule has 0 amide bonds. The topological polar surface area (TPSA) is 9.23 Å². The molecule has 0 aromatic heterocycles. The molecule has 2 rings (SSSR count). The summed E-state index contributed by atoms with van der Waals surface area (Å²) in [6.45, 7) is 1.88. The molecule has 0 N–H and O–H groups in total. The highest BCUT2D eigenvalue weighted by Crippen LogP contribution is 2.24. The standard InChI is InChI=1S/C16H13FO/c1-3-16(18-14-7-5-4-6-8-14)15-11-13(17)10-9-12(15)2/h1,4-11,16H,2H3. The van der Waals surface area contributed by atoms with Crippen LogP contribution in [0.1, 0.15) is 17.2 Å². The zero-order valence-electron chi connectivity index (χ0n) is 10.1. The Balaban J connectivity index is 2.29. The van der Waals surface area contributed by atoms with E-state index in [1.165, 1.54) is 12.1 Å². The highest BCUT2D eigenvalue weighted by molar-refractivity contribution is 5.34. The van der Waals surface area contributed by atoms with Gasteiger partial charge in [-0.15, -0.1) is 6.42 Å². The summed E-state index contributed by atoms with van der Waals surface area (Å²) < 4.78 is 18.9. The average Bonchev–Trinajstić information content (AvgIpc) is 2.40. The van der Waals surface area contributed by atoms with E-state index >= 15 is 0 Å². The van der Waals surface area contributed by atoms with Gasteiger partial charge in [-0.3, -0.25) is 0 Å². The molecule has 0 aliphatic carbocycles. The van der Waals surface area contributed by atoms with Crippen LogP contribution in [0.3, 0.4) is 0 Å². The normalized spacial score (nSPS) is 11.6. The van der Waals surface area contributed by atoms with Crippen molar-refractivity contribution < 1.29 is 9.13 Å². The fourth-order valence-electron chi connectivity index (χ4n) is 1.72. The summed E-state index contributed by atoms with van der Waals surface area (Å²) in [6, 6.07) is 13.8. The van der Waals surface area contributed by atoms with E-state index < -0.39 is 6.10 Å². The molecule has 0 saturated carbocycles. The molecule has 18 heavy (non-hydrogen) atoms. The first-order valence-electron chi connectivity index (χ1n) is 5.64. The Labute approximate surface area is 106 Å². The second-order valence-corrected chi connectivity index (χ2v) is 3.98. The van der Waals surface area contributed by atoms with Gasteiger partial charge in [0.05, 0.1) is 0 Å². The number of rotatable bonds is 3. The van der Waals surface area contributed by atoms with Gasteiger partial charge in [0.15, 0.2) is 6.10 Å². The van der Waals surface area contributed by atoms with Gasteiger partial charge in [0.1, 0.15) is 11.6 Å². The van der Waals surface area contributed by atoms with Gasteiger partial charge in [-0.05, 0) is 36.8 Å². The van der Waals surface area contributed by atoms with Gasteiger partial charge in [-0.25, -0.2) is 4.39 Å². The number of para-hydroxylation sites is 1. The second-order valence-electron chi connectivity index (χ2n) is 3.98. The van der Waals surface area contributed by atoms with Gasteiger partial charge in [-0.1, -0.05) is 30.2 Å². The lowest BCUT2D eigenvalue weighted by atomic mass is 10.0. The molecule has 90 valence electrons. The Kier molecular flexibility index (Phi) is 3.64. The first kappa shape index (κ1) is 12.2. The predicted molar refractivity (Wildman–Crippen MR) is 69.8 cm³/mol. The summed E-state index contributed by atoms with van der Waals surface area (Å²) in [5, 5.41) is 0. The third-order valence-electron chi connectivity index (χ3n) is 2.67. The molecule has 0 bridgehead atoms. The Hall–Kier alpha value is -2.27. The SMILES string of the molecule is C#CC(Oc1ccccc1)c1cc(F)ccc1C. The Morgan fingerprint density at radius 3 is 2.56 bits per heavy atom. The van der Waals surface area contributed by atoms with Crippen LogP contribution in [0, 0.1) is 25.1 Å². The molecule has 2 aromatic carbocycles. The van der Waals surface area contributed by atoms with E-state index in [1.54, 1.807) is 6.07 Å². The Morgan fingerprint density at radius 1 is 1.17 bits per heavy atom. The summed E-state index contributed by atoms with van der Waals surface area (Å²) in [7, 11) is 0. The van der Waals surface area contributed by atoms with E-state index in [9.17, 15) is 4.39 Å². The largest absolute Gasteiger partial charge is 0.473 e. The minimum atomic E-state index is -0.580. The minimum absolute atomic E-state index is 0.312. The predicted octanol–water partition coefficient (Wildman–Crippen LogP) is 3.89. The van der Waals surface area contributed by atoms with E-state index in [0.29, 0.717) is 11.3 Å². The highest BCUT2D eigenvalue weighted by atomic mass is 19.1. The van der Waals surface area contributed by atoms with E-state index in [0.717, 1.165) is 5.56 Å². The van der Waals surface area contributed by atoms with E-state index in [1.807, 2.05) is 37.3 Å². The molecule has 1 unspecified atom stereocenters. The Bertz CT molecular complexity index is 569. The van der Waals surface area contributed by atoms with Gasteiger partial charge >= 0.3 is 0 Å². The number of ether oxygens (including phenoxy) is 1. The van der Waals surface area contributed by atoms with Crippen molar-refractivity contribution in [1.82, 2.24) is 0 Å². The van der Waals surface area contributed by atoms with Crippen molar-refractivity contribution in [2.45, 2.75) is 13.0 Å². The number of terminal acetylenes is 1. The van der Waals surface area contributed by atoms with Crippen molar-refractivity contribution in [2.24, 2.45) is 0 Å². The average molecular weight is 240 g/mol. The lowest BCUT2D eigenvalue weighted by Crippen LogP contribution is -2.07. The molecule has 0 aliphatic heterocycles. The van der Waals surface area contributed by atoms with Crippen LogP contribution < -0.4 is 4.74 Å². The van der Waals surface area contributed by atoms with Crippen LogP contribution in [0.25, 0.3) is 0 Å². The molecular weight excluding hydrogens is 227 g/mol. The quantitative estimate of drug-likeness (QED) is 0.740. The van der Waals surface area contributed by atoms with Crippen molar-refractivity contribution in [2.75, 3.05) is 0 Å². The molecule has 1 nitrogen and oxygen atoms in total. The number of halogens is 1. The number of aryl methyl sites for hydroxylation is 1. The molecule has 0 fully saturated rings. The molecule has 0 aliphatic rings. The van der Waals surface area contributed by atoms with E-state index in [-0.39, 0.29) is 5.82 Å². The first-order valence-corrected chi connectivity index (χ1v) is 5.64. The monoisotopic (exact) mass is 240 g/mol. The molecule has 0 radical (unpaired) electrons. The van der Waals surface area contributed by atoms with Crippen molar-refractivity contribution in [3.63, 3.8) is 0 Å². The van der Waals surface area contributed by atoms with Crippen molar-refractivity contribution in [3.05, 3.63) is 65.5 Å². The van der Waals surface area contributed by atoms with Gasteiger partial charge in [0.2, 0.25) is 0 Å². The maximum absolute atomic E-state index is 13.3. The van der Waals surface area contributed by atoms with Crippen LogP contribution in [0.4, 0.5) is 4.39 Å². The zero-order chi connectivity index (χ0) is 13.0. The van der Waals surface area contributed by atoms with Gasteiger partial charge in [0, 0.05) is 5.56 Å². The maximum Gasteiger partial charge on any atom is 0.184 e. The van der Waals surface area contributed by atoms with Crippen LogP contribution in [0.5, 0.6) is 5.75 Å². The molecule has 0 spiro atoms. The fraction of sp³-hybridized carbons (Fsp3) is 0.125. The maximum atomic E-state index is 13.3. The number of hydrogen-bond donors (Lipinski definition) is 0. The first-order chi connectivity index (χ1) is 8.70.